The topological polar surface area (TPSA) is 58.0 Å². The van der Waals surface area contributed by atoms with Gasteiger partial charge in [-0.25, -0.2) is 9.97 Å². The highest BCUT2D eigenvalue weighted by atomic mass is 35.5. The third kappa shape index (κ3) is 2.21. The van der Waals surface area contributed by atoms with Gasteiger partial charge in [0.2, 0.25) is 0 Å². The van der Waals surface area contributed by atoms with Crippen LogP contribution >= 0.6 is 34.8 Å². The quantitative estimate of drug-likeness (QED) is 0.361. The van der Waals surface area contributed by atoms with E-state index in [1.165, 1.54) is 13.3 Å². The van der Waals surface area contributed by atoms with Gasteiger partial charge in [0, 0.05) is 0 Å². The summed E-state index contributed by atoms with van der Waals surface area (Å²) in [5.41, 5.74) is 2.09. The number of alkyl halides is 1. The fourth-order valence-corrected chi connectivity index (χ4v) is 1.76. The third-order valence-corrected chi connectivity index (χ3v) is 2.28. The van der Waals surface area contributed by atoms with Crippen molar-refractivity contribution < 1.29 is 5.21 Å². The van der Waals surface area contributed by atoms with Crippen LogP contribution in [0.3, 0.4) is 0 Å². The Kier molecular flexibility index (Phi) is 3.32. The molecule has 0 saturated heterocycles. The molecule has 0 fully saturated rings. The van der Waals surface area contributed by atoms with Gasteiger partial charge in [0.1, 0.15) is 21.6 Å². The summed E-state index contributed by atoms with van der Waals surface area (Å²) in [6.45, 7) is 1.48. The van der Waals surface area contributed by atoms with Crippen LogP contribution in [0.1, 0.15) is 12.5 Å². The largest absolute Gasteiger partial charge is 0.315 e. The second kappa shape index (κ2) is 3.94. The van der Waals surface area contributed by atoms with E-state index in [9.17, 15) is 0 Å². The summed E-state index contributed by atoms with van der Waals surface area (Å²) in [5, 5.41) is 8.93. The molecule has 4 nitrogen and oxygen atoms in total. The molecule has 0 radical (unpaired) electrons. The Morgan fingerprint density at radius 2 is 1.85 bits per heavy atom. The van der Waals surface area contributed by atoms with Crippen molar-refractivity contribution in [2.75, 3.05) is 0 Å². The zero-order valence-corrected chi connectivity index (χ0v) is 8.82. The van der Waals surface area contributed by atoms with E-state index < -0.39 is 5.00 Å². The van der Waals surface area contributed by atoms with Crippen LogP contribution in [0.15, 0.2) is 6.33 Å². The maximum Gasteiger partial charge on any atom is 0.144 e. The zero-order valence-electron chi connectivity index (χ0n) is 6.55. The van der Waals surface area contributed by atoms with Crippen molar-refractivity contribution in [1.29, 1.82) is 0 Å². The first-order valence-corrected chi connectivity index (χ1v) is 4.39. The monoisotopic (exact) mass is 241 g/mol. The Balaban J connectivity index is 3.28. The molecule has 1 rings (SSSR count). The summed E-state index contributed by atoms with van der Waals surface area (Å²) in [6, 6.07) is 0. The van der Waals surface area contributed by atoms with Crippen molar-refractivity contribution in [3.63, 3.8) is 0 Å². The molecular weight excluding hydrogens is 236 g/mol. The molecule has 0 aromatic carbocycles. The predicted octanol–water partition coefficient (Wildman–Crippen LogP) is 2.17. The number of halogens is 3. The van der Waals surface area contributed by atoms with Crippen LogP contribution in [-0.4, -0.2) is 15.2 Å². The molecule has 0 aliphatic carbocycles. The number of hydroxylamine groups is 1. The number of hydrogen-bond donors (Lipinski definition) is 2. The molecule has 0 amide bonds. The first-order chi connectivity index (χ1) is 5.99. The van der Waals surface area contributed by atoms with Crippen molar-refractivity contribution in [3.05, 3.63) is 22.2 Å². The number of hydrogen-bond acceptors (Lipinski definition) is 4. The first-order valence-electron chi connectivity index (χ1n) is 3.25. The molecule has 1 aromatic heterocycles. The van der Waals surface area contributed by atoms with E-state index >= 15 is 0 Å². The minimum Gasteiger partial charge on any atom is -0.315 e. The van der Waals surface area contributed by atoms with E-state index in [2.05, 4.69) is 9.97 Å². The van der Waals surface area contributed by atoms with Crippen molar-refractivity contribution in [3.8, 4) is 0 Å². The fraction of sp³-hybridized carbons (Fsp3) is 0.333. The van der Waals surface area contributed by atoms with E-state index in [4.69, 9.17) is 40.0 Å². The summed E-state index contributed by atoms with van der Waals surface area (Å²) in [4.78, 5) is 6.08. The zero-order chi connectivity index (χ0) is 10.1. The number of rotatable bonds is 2. The molecule has 1 unspecified atom stereocenters. The highest BCUT2D eigenvalue weighted by Crippen LogP contribution is 2.33. The molecule has 13 heavy (non-hydrogen) atoms. The Labute approximate surface area is 89.8 Å². The van der Waals surface area contributed by atoms with Crippen LogP contribution in [0.25, 0.3) is 0 Å². The maximum atomic E-state index is 8.74. The average molecular weight is 242 g/mol. The normalized spacial score (nSPS) is 15.5. The highest BCUT2D eigenvalue weighted by Gasteiger charge is 2.29. The first kappa shape index (κ1) is 10.9. The van der Waals surface area contributed by atoms with Crippen molar-refractivity contribution >= 4 is 34.8 Å². The van der Waals surface area contributed by atoms with Gasteiger partial charge >= 0.3 is 0 Å². The second-order valence-corrected chi connectivity index (χ2v) is 3.92. The van der Waals surface area contributed by atoms with Crippen LogP contribution in [0, 0.1) is 0 Å². The Bertz CT molecular complexity index is 298. The maximum absolute atomic E-state index is 8.74. The van der Waals surface area contributed by atoms with Crippen molar-refractivity contribution in [2.45, 2.75) is 11.9 Å². The fourth-order valence-electron chi connectivity index (χ4n) is 0.788. The highest BCUT2D eigenvalue weighted by molar-refractivity contribution is 6.36. The minimum absolute atomic E-state index is 0.0963. The van der Waals surface area contributed by atoms with Crippen molar-refractivity contribution in [1.82, 2.24) is 15.4 Å². The van der Waals surface area contributed by atoms with Crippen LogP contribution in [0.5, 0.6) is 0 Å². The standard InChI is InChI=1S/C6H6Cl3N3O/c1-6(9,12-13)3-4(7)10-2-11-5(3)8/h2,12-13H,1H3. The molecular formula is C6H6Cl3N3O. The molecule has 72 valence electrons. The molecule has 7 heteroatoms. The summed E-state index contributed by atoms with van der Waals surface area (Å²) in [6.07, 6.45) is 1.21. The van der Waals surface area contributed by atoms with Crippen LogP contribution in [0.2, 0.25) is 10.3 Å². The number of nitrogens with one attached hydrogen (secondary N) is 1. The molecule has 0 saturated carbocycles. The molecule has 0 spiro atoms. The van der Waals surface area contributed by atoms with Gasteiger partial charge in [-0.05, 0) is 6.92 Å². The van der Waals surface area contributed by atoms with E-state index in [1.54, 1.807) is 0 Å². The lowest BCUT2D eigenvalue weighted by Gasteiger charge is -2.21. The molecule has 0 bridgehead atoms. The molecule has 1 aromatic rings. The van der Waals surface area contributed by atoms with E-state index in [-0.39, 0.29) is 15.9 Å². The lowest BCUT2D eigenvalue weighted by Crippen LogP contribution is -2.32. The third-order valence-electron chi connectivity index (χ3n) is 1.43. The van der Waals surface area contributed by atoms with Gasteiger partial charge in [0.05, 0.1) is 5.56 Å². The van der Waals surface area contributed by atoms with Gasteiger partial charge in [-0.3, -0.25) is 0 Å². The predicted molar refractivity (Wildman–Crippen MR) is 50.2 cm³/mol. The average Bonchev–Trinajstić information content (AvgIpc) is 2.03. The SMILES string of the molecule is CC(Cl)(NO)c1c(Cl)ncnc1Cl. The second-order valence-electron chi connectivity index (χ2n) is 2.45. The van der Waals surface area contributed by atoms with Gasteiger partial charge in [0.25, 0.3) is 0 Å². The molecule has 2 N–H and O–H groups in total. The molecule has 1 heterocycles. The summed E-state index contributed by atoms with van der Waals surface area (Å²) in [7, 11) is 0. The lowest BCUT2D eigenvalue weighted by molar-refractivity contribution is 0.113. The minimum atomic E-state index is -1.30. The summed E-state index contributed by atoms with van der Waals surface area (Å²) >= 11 is 17.3. The molecule has 0 aliphatic rings. The van der Waals surface area contributed by atoms with Gasteiger partial charge in [-0.2, -0.15) is 5.48 Å². The molecule has 0 aliphatic heterocycles. The smallest absolute Gasteiger partial charge is 0.144 e. The van der Waals surface area contributed by atoms with Crippen LogP contribution < -0.4 is 5.48 Å². The lowest BCUT2D eigenvalue weighted by atomic mass is 10.2. The molecule has 1 atom stereocenters. The van der Waals surface area contributed by atoms with E-state index in [1.807, 2.05) is 5.48 Å². The van der Waals surface area contributed by atoms with E-state index in [0.29, 0.717) is 0 Å². The van der Waals surface area contributed by atoms with Gasteiger partial charge in [-0.1, -0.05) is 34.8 Å². The van der Waals surface area contributed by atoms with Crippen LogP contribution in [-0.2, 0) is 5.00 Å². The summed E-state index contributed by atoms with van der Waals surface area (Å²) in [5.74, 6) is 0. The Morgan fingerprint density at radius 3 is 2.23 bits per heavy atom. The van der Waals surface area contributed by atoms with Crippen LogP contribution in [0.4, 0.5) is 0 Å². The summed E-state index contributed by atoms with van der Waals surface area (Å²) < 4.78 is 0. The number of nitrogens with zero attached hydrogens (tertiary/aromatic N) is 2. The number of aromatic nitrogens is 2. The Morgan fingerprint density at radius 1 is 1.38 bits per heavy atom. The van der Waals surface area contributed by atoms with Gasteiger partial charge < -0.3 is 5.21 Å². The Hall–Kier alpha value is -0.130. The van der Waals surface area contributed by atoms with Gasteiger partial charge in [-0.15, -0.1) is 0 Å². The van der Waals surface area contributed by atoms with Gasteiger partial charge in [0.15, 0.2) is 0 Å². The van der Waals surface area contributed by atoms with E-state index in [0.717, 1.165) is 0 Å². The van der Waals surface area contributed by atoms with Crippen molar-refractivity contribution in [2.24, 2.45) is 0 Å².